The van der Waals surface area contributed by atoms with E-state index in [2.05, 4.69) is 21.2 Å². The van der Waals surface area contributed by atoms with Gasteiger partial charge in [-0.05, 0) is 72.9 Å². The van der Waals surface area contributed by atoms with Gasteiger partial charge < -0.3 is 15.2 Å². The van der Waals surface area contributed by atoms with E-state index in [9.17, 15) is 24.3 Å². The van der Waals surface area contributed by atoms with Crippen molar-refractivity contribution in [3.05, 3.63) is 96.1 Å². The Kier molecular flexibility index (Phi) is 8.17. The standard InChI is InChI=1S/C36H30BrCl2N3O6/c1-48-29-17-20(8-16-28(29)43)7-15-27-24-13-14-25-30(26(24)18-35(38)33(46)41(19-37)34(47)36(27,35)39)32(45)42(31(25)44)23-11-9-22(10-12-23)40-21-5-3-2-4-6-21/h2-13,15-17,25-27,30,40,43H,14,18-19H2,1H3. The molecule has 2 heterocycles. The molecule has 3 aromatic rings. The van der Waals surface area contributed by atoms with E-state index in [0.29, 0.717) is 16.8 Å². The van der Waals surface area contributed by atoms with E-state index in [-0.39, 0.29) is 41.6 Å². The van der Waals surface area contributed by atoms with Crippen LogP contribution in [0.3, 0.4) is 0 Å². The molecule has 4 aliphatic rings. The van der Waals surface area contributed by atoms with Gasteiger partial charge in [-0.15, -0.1) is 23.2 Å². The van der Waals surface area contributed by atoms with Crippen LogP contribution in [0.1, 0.15) is 18.4 Å². The van der Waals surface area contributed by atoms with Crippen LogP contribution in [0.5, 0.6) is 11.5 Å². The molecule has 6 unspecified atom stereocenters. The summed E-state index contributed by atoms with van der Waals surface area (Å²) in [5.41, 5.74) is 3.36. The maximum absolute atomic E-state index is 14.3. The minimum absolute atomic E-state index is 0.0393. The van der Waals surface area contributed by atoms with Gasteiger partial charge in [-0.25, -0.2) is 0 Å². The third kappa shape index (κ3) is 4.79. The Morgan fingerprint density at radius 3 is 2.35 bits per heavy atom. The average molecular weight is 751 g/mol. The summed E-state index contributed by atoms with van der Waals surface area (Å²) in [5, 5.41) is 13.4. The lowest BCUT2D eigenvalue weighted by atomic mass is 9.57. The number of likely N-dealkylation sites (tertiary alicyclic amines) is 1. The number of fused-ring (bicyclic) bond motifs is 4. The summed E-state index contributed by atoms with van der Waals surface area (Å²) < 4.78 is 5.25. The molecule has 2 aliphatic heterocycles. The number of hydrogen-bond acceptors (Lipinski definition) is 7. The zero-order chi connectivity index (χ0) is 34.0. The average Bonchev–Trinajstić information content (AvgIpc) is 3.43. The van der Waals surface area contributed by atoms with Crippen molar-refractivity contribution in [1.82, 2.24) is 4.90 Å². The second kappa shape index (κ2) is 12.1. The fourth-order valence-corrected chi connectivity index (χ4v) is 9.02. The zero-order valence-corrected chi connectivity index (χ0v) is 28.7. The number of benzene rings is 3. The highest BCUT2D eigenvalue weighted by Crippen LogP contribution is 2.63. The number of anilines is 3. The molecule has 3 fully saturated rings. The highest BCUT2D eigenvalue weighted by Gasteiger charge is 2.75. The molecule has 48 heavy (non-hydrogen) atoms. The van der Waals surface area contributed by atoms with Crippen LogP contribution in [0, 0.1) is 23.7 Å². The van der Waals surface area contributed by atoms with Crippen LogP contribution >= 0.6 is 39.1 Å². The summed E-state index contributed by atoms with van der Waals surface area (Å²) in [4.78, 5) is 54.3. The van der Waals surface area contributed by atoms with Crippen molar-refractivity contribution in [2.75, 3.05) is 22.8 Å². The van der Waals surface area contributed by atoms with Crippen LogP contribution in [0.25, 0.3) is 6.08 Å². The quantitative estimate of drug-likeness (QED) is 0.121. The number of aromatic hydroxyl groups is 1. The molecule has 2 aliphatic carbocycles. The van der Waals surface area contributed by atoms with E-state index in [0.717, 1.165) is 16.3 Å². The van der Waals surface area contributed by atoms with Crippen molar-refractivity contribution in [3.63, 3.8) is 0 Å². The second-order valence-electron chi connectivity index (χ2n) is 12.4. The summed E-state index contributed by atoms with van der Waals surface area (Å²) >= 11 is 17.7. The molecule has 0 spiro atoms. The predicted octanol–water partition coefficient (Wildman–Crippen LogP) is 6.61. The molecule has 2 saturated heterocycles. The number of para-hydroxylation sites is 1. The summed E-state index contributed by atoms with van der Waals surface area (Å²) in [5.74, 6) is -4.78. The number of phenolic OH excluding ortho intramolecular Hbond substituents is 1. The number of nitrogens with one attached hydrogen (secondary N) is 1. The molecule has 1 saturated carbocycles. The van der Waals surface area contributed by atoms with Gasteiger partial charge in [0.25, 0.3) is 11.8 Å². The van der Waals surface area contributed by atoms with Gasteiger partial charge in [-0.2, -0.15) is 0 Å². The number of nitrogens with zero attached hydrogens (tertiary/aromatic N) is 2. The lowest BCUT2D eigenvalue weighted by molar-refractivity contribution is -0.138. The molecule has 12 heteroatoms. The minimum Gasteiger partial charge on any atom is -0.504 e. The number of carbonyl (C=O) groups excluding carboxylic acids is 4. The lowest BCUT2D eigenvalue weighted by Gasteiger charge is -2.49. The van der Waals surface area contributed by atoms with E-state index in [1.54, 1.807) is 36.4 Å². The Balaban J connectivity index is 1.25. The Morgan fingerprint density at radius 1 is 0.958 bits per heavy atom. The molecular weight excluding hydrogens is 721 g/mol. The summed E-state index contributed by atoms with van der Waals surface area (Å²) in [6.45, 7) is 0. The number of rotatable bonds is 7. The Morgan fingerprint density at radius 2 is 1.67 bits per heavy atom. The molecule has 2 N–H and O–H groups in total. The van der Waals surface area contributed by atoms with Gasteiger partial charge in [0.05, 0.1) is 30.1 Å². The van der Waals surface area contributed by atoms with E-state index in [4.69, 9.17) is 27.9 Å². The van der Waals surface area contributed by atoms with E-state index < -0.39 is 45.2 Å². The largest absolute Gasteiger partial charge is 0.504 e. The van der Waals surface area contributed by atoms with Gasteiger partial charge in [0.1, 0.15) is 0 Å². The monoisotopic (exact) mass is 749 g/mol. The minimum atomic E-state index is -1.89. The first-order valence-electron chi connectivity index (χ1n) is 15.4. The molecule has 6 atom stereocenters. The molecule has 4 amide bonds. The zero-order valence-electron chi connectivity index (χ0n) is 25.6. The van der Waals surface area contributed by atoms with Gasteiger partial charge in [0.15, 0.2) is 21.2 Å². The number of alkyl halides is 3. The Hall–Kier alpha value is -4.12. The summed E-state index contributed by atoms with van der Waals surface area (Å²) in [6, 6.07) is 21.5. The van der Waals surface area contributed by atoms with Gasteiger partial charge >= 0.3 is 0 Å². The fourth-order valence-electron chi connectivity index (χ4n) is 7.64. The Labute approximate surface area is 295 Å². The number of imide groups is 2. The summed E-state index contributed by atoms with van der Waals surface area (Å²) in [6.07, 6.45) is 5.49. The van der Waals surface area contributed by atoms with E-state index in [1.165, 1.54) is 18.1 Å². The molecule has 0 bridgehead atoms. The highest BCUT2D eigenvalue weighted by molar-refractivity contribution is 9.09. The van der Waals surface area contributed by atoms with Crippen molar-refractivity contribution in [1.29, 1.82) is 0 Å². The summed E-state index contributed by atoms with van der Waals surface area (Å²) in [7, 11) is 1.43. The van der Waals surface area contributed by atoms with Crippen molar-refractivity contribution in [3.8, 4) is 11.5 Å². The van der Waals surface area contributed by atoms with Gasteiger partial charge in [0, 0.05) is 17.3 Å². The van der Waals surface area contributed by atoms with Crippen LogP contribution < -0.4 is 15.0 Å². The maximum Gasteiger partial charge on any atom is 0.254 e. The number of hydrogen-bond donors (Lipinski definition) is 2. The molecule has 3 aromatic carbocycles. The third-order valence-corrected chi connectivity index (χ3v) is 11.9. The smallest absolute Gasteiger partial charge is 0.254 e. The number of halogens is 3. The number of allylic oxidation sites excluding steroid dienone is 3. The van der Waals surface area contributed by atoms with Crippen molar-refractivity contribution < 1.29 is 29.0 Å². The van der Waals surface area contributed by atoms with Crippen molar-refractivity contribution in [2.24, 2.45) is 23.7 Å². The maximum atomic E-state index is 14.3. The number of amides is 4. The van der Waals surface area contributed by atoms with Crippen molar-refractivity contribution in [2.45, 2.75) is 22.6 Å². The first-order chi connectivity index (χ1) is 23.0. The molecule has 7 rings (SSSR count). The van der Waals surface area contributed by atoms with Gasteiger partial charge in [-0.1, -0.05) is 64.0 Å². The number of ether oxygens (including phenoxy) is 1. The second-order valence-corrected chi connectivity index (χ2v) is 14.1. The molecule has 0 radical (unpaired) electrons. The van der Waals surface area contributed by atoms with Crippen LogP contribution in [0.2, 0.25) is 0 Å². The highest BCUT2D eigenvalue weighted by atomic mass is 79.9. The first-order valence-corrected chi connectivity index (χ1v) is 17.3. The van der Waals surface area contributed by atoms with Crippen LogP contribution in [-0.4, -0.2) is 55.9 Å². The van der Waals surface area contributed by atoms with E-state index in [1.807, 2.05) is 48.5 Å². The number of carbonyl (C=O) groups is 4. The van der Waals surface area contributed by atoms with Gasteiger partial charge in [0.2, 0.25) is 11.8 Å². The third-order valence-electron chi connectivity index (χ3n) is 9.94. The topological polar surface area (TPSA) is 116 Å². The number of phenols is 1. The first kappa shape index (κ1) is 32.4. The number of methoxy groups -OCH3 is 1. The molecular formula is C36H30BrCl2N3O6. The van der Waals surface area contributed by atoms with Gasteiger partial charge in [-0.3, -0.25) is 29.0 Å². The Bertz CT molecular complexity index is 1900. The fraction of sp³-hybridized carbons (Fsp3) is 0.278. The van der Waals surface area contributed by atoms with Crippen molar-refractivity contribution >= 4 is 85.9 Å². The SMILES string of the molecule is COc1cc(C=CC2C3=CCC4C(=O)N(c5ccc(Nc6ccccc6)cc5)C(=O)C4C3CC3(Cl)C(=O)N(CBr)C(=O)C23Cl)ccc1O. The molecule has 246 valence electrons. The van der Waals surface area contributed by atoms with Crippen LogP contribution in [0.4, 0.5) is 17.1 Å². The van der Waals surface area contributed by atoms with E-state index >= 15 is 0 Å². The molecule has 0 aromatic heterocycles. The molecule has 9 nitrogen and oxygen atoms in total. The predicted molar refractivity (Wildman–Crippen MR) is 186 cm³/mol. The van der Waals surface area contributed by atoms with Crippen LogP contribution in [-0.2, 0) is 19.2 Å². The normalized spacial score (nSPS) is 29.5. The van der Waals surface area contributed by atoms with Crippen LogP contribution in [0.15, 0.2) is 90.5 Å². The lowest BCUT2D eigenvalue weighted by Crippen LogP contribution is -2.60.